The molecular weight excluding hydrogens is 258 g/mol. The van der Waals surface area contributed by atoms with Crippen LogP contribution in [0.4, 0.5) is 0 Å². The number of aryl methyl sites for hydroxylation is 1. The van der Waals surface area contributed by atoms with Crippen molar-refractivity contribution >= 4 is 11.8 Å². The van der Waals surface area contributed by atoms with Crippen molar-refractivity contribution < 1.29 is 9.59 Å². The summed E-state index contributed by atoms with van der Waals surface area (Å²) in [5.74, 6) is -0.380. The number of likely N-dealkylation sites (N-methyl/N-ethyl adjacent to an activating group) is 1. The van der Waals surface area contributed by atoms with Gasteiger partial charge in [-0.05, 0) is 19.9 Å². The number of rotatable bonds is 1. The fraction of sp³-hybridized carbons (Fsp3) is 0.500. The summed E-state index contributed by atoms with van der Waals surface area (Å²) >= 11 is 0. The van der Waals surface area contributed by atoms with E-state index in [9.17, 15) is 14.4 Å². The van der Waals surface area contributed by atoms with Crippen LogP contribution in [-0.4, -0.2) is 51.9 Å². The molecule has 0 bridgehead atoms. The molecular formula is C14H19N3O3. The molecule has 0 saturated carbocycles. The van der Waals surface area contributed by atoms with Crippen molar-refractivity contribution in [2.45, 2.75) is 19.4 Å². The molecule has 0 aliphatic carbocycles. The molecule has 0 atom stereocenters. The van der Waals surface area contributed by atoms with Gasteiger partial charge < -0.3 is 14.4 Å². The minimum Gasteiger partial charge on any atom is -0.342 e. The molecule has 0 radical (unpaired) electrons. The van der Waals surface area contributed by atoms with Crippen molar-refractivity contribution in [3.05, 3.63) is 34.2 Å². The Kier molecular flexibility index (Phi) is 3.41. The lowest BCUT2D eigenvalue weighted by molar-refractivity contribution is -0.144. The number of amides is 2. The fourth-order valence-electron chi connectivity index (χ4n) is 2.41. The van der Waals surface area contributed by atoms with Crippen LogP contribution in [0.5, 0.6) is 0 Å². The summed E-state index contributed by atoms with van der Waals surface area (Å²) in [4.78, 5) is 39.5. The molecule has 1 aromatic rings. The predicted molar refractivity (Wildman–Crippen MR) is 74.4 cm³/mol. The number of hydrogen-bond acceptors (Lipinski definition) is 3. The first kappa shape index (κ1) is 14.3. The lowest BCUT2D eigenvalue weighted by Crippen LogP contribution is -2.63. The smallest absolute Gasteiger partial charge is 0.255 e. The summed E-state index contributed by atoms with van der Waals surface area (Å²) in [6, 6.07) is 2.91. The van der Waals surface area contributed by atoms with Crippen LogP contribution in [0.3, 0.4) is 0 Å². The zero-order valence-corrected chi connectivity index (χ0v) is 12.2. The molecule has 0 unspecified atom stereocenters. The van der Waals surface area contributed by atoms with E-state index in [0.29, 0.717) is 18.7 Å². The van der Waals surface area contributed by atoms with Gasteiger partial charge in [0.05, 0.1) is 0 Å². The minimum atomic E-state index is -0.898. The Hall–Kier alpha value is -2.11. The van der Waals surface area contributed by atoms with E-state index in [1.165, 1.54) is 15.5 Å². The Morgan fingerprint density at radius 3 is 2.45 bits per heavy atom. The number of piperazine rings is 1. The first-order chi connectivity index (χ1) is 9.25. The van der Waals surface area contributed by atoms with Gasteiger partial charge in [-0.25, -0.2) is 0 Å². The van der Waals surface area contributed by atoms with Gasteiger partial charge in [-0.15, -0.1) is 0 Å². The highest BCUT2D eigenvalue weighted by molar-refractivity contribution is 5.99. The molecule has 0 spiro atoms. The third kappa shape index (κ3) is 2.21. The van der Waals surface area contributed by atoms with Crippen LogP contribution in [0, 0.1) is 0 Å². The third-order valence-corrected chi connectivity index (χ3v) is 3.80. The lowest BCUT2D eigenvalue weighted by Gasteiger charge is -2.44. The van der Waals surface area contributed by atoms with E-state index in [1.807, 2.05) is 0 Å². The van der Waals surface area contributed by atoms with E-state index < -0.39 is 5.54 Å². The number of hydrogen-bond donors (Lipinski definition) is 0. The Labute approximate surface area is 117 Å². The van der Waals surface area contributed by atoms with Crippen LogP contribution < -0.4 is 5.56 Å². The van der Waals surface area contributed by atoms with Crippen molar-refractivity contribution in [2.75, 3.05) is 20.1 Å². The summed E-state index contributed by atoms with van der Waals surface area (Å²) in [5, 5.41) is 0. The molecule has 108 valence electrons. The van der Waals surface area contributed by atoms with Crippen molar-refractivity contribution in [3.8, 4) is 0 Å². The molecule has 6 heteroatoms. The Morgan fingerprint density at radius 1 is 1.20 bits per heavy atom. The topological polar surface area (TPSA) is 62.6 Å². The Bertz CT molecular complexity index is 618. The van der Waals surface area contributed by atoms with Crippen LogP contribution in [0.15, 0.2) is 23.1 Å². The maximum Gasteiger partial charge on any atom is 0.255 e. The van der Waals surface area contributed by atoms with E-state index >= 15 is 0 Å². The molecule has 6 nitrogen and oxygen atoms in total. The van der Waals surface area contributed by atoms with Gasteiger partial charge in [-0.2, -0.15) is 0 Å². The average Bonchev–Trinajstić information content (AvgIpc) is 2.39. The van der Waals surface area contributed by atoms with Crippen LogP contribution in [0.25, 0.3) is 0 Å². The molecule has 1 fully saturated rings. The number of carbonyl (C=O) groups excluding carboxylic acids is 2. The van der Waals surface area contributed by atoms with Gasteiger partial charge in [-0.3, -0.25) is 14.4 Å². The van der Waals surface area contributed by atoms with Crippen LogP contribution in [-0.2, 0) is 11.8 Å². The highest BCUT2D eigenvalue weighted by Crippen LogP contribution is 2.23. The zero-order valence-electron chi connectivity index (χ0n) is 12.2. The second kappa shape index (κ2) is 4.77. The summed E-state index contributed by atoms with van der Waals surface area (Å²) in [7, 11) is 3.35. The lowest BCUT2D eigenvalue weighted by atomic mass is 9.96. The van der Waals surface area contributed by atoms with Crippen molar-refractivity contribution in [3.63, 3.8) is 0 Å². The van der Waals surface area contributed by atoms with E-state index in [0.717, 1.165) is 0 Å². The molecule has 0 N–H and O–H groups in total. The number of aromatic nitrogens is 1. The number of nitrogens with zero attached hydrogens (tertiary/aromatic N) is 3. The third-order valence-electron chi connectivity index (χ3n) is 3.80. The van der Waals surface area contributed by atoms with Gasteiger partial charge >= 0.3 is 0 Å². The predicted octanol–water partition coefficient (Wildman–Crippen LogP) is 0.0781. The molecule has 2 heterocycles. The molecule has 1 saturated heterocycles. The molecule has 2 amide bonds. The largest absolute Gasteiger partial charge is 0.342 e. The van der Waals surface area contributed by atoms with Crippen LogP contribution >= 0.6 is 0 Å². The molecule has 1 aliphatic rings. The van der Waals surface area contributed by atoms with Crippen molar-refractivity contribution in [2.24, 2.45) is 7.05 Å². The SMILES string of the molecule is CN1CCN(C(=O)c2ccn(C)c(=O)c2)C(C)(C)C1=O. The normalized spacial score (nSPS) is 18.3. The maximum absolute atomic E-state index is 12.5. The van der Waals surface area contributed by atoms with Crippen molar-refractivity contribution in [1.82, 2.24) is 14.4 Å². The zero-order chi connectivity index (χ0) is 15.1. The number of carbonyl (C=O) groups is 2. The second-order valence-electron chi connectivity index (χ2n) is 5.61. The van der Waals surface area contributed by atoms with E-state index in [2.05, 4.69) is 0 Å². The van der Waals surface area contributed by atoms with Gasteiger partial charge in [0.15, 0.2) is 0 Å². The highest BCUT2D eigenvalue weighted by atomic mass is 16.2. The van der Waals surface area contributed by atoms with Crippen LogP contribution in [0.1, 0.15) is 24.2 Å². The van der Waals surface area contributed by atoms with E-state index in [-0.39, 0.29) is 17.4 Å². The quantitative estimate of drug-likeness (QED) is 0.730. The summed E-state index contributed by atoms with van der Waals surface area (Å²) < 4.78 is 1.40. The van der Waals surface area contributed by atoms with Gasteiger partial charge in [0.25, 0.3) is 11.5 Å². The van der Waals surface area contributed by atoms with Crippen LogP contribution in [0.2, 0.25) is 0 Å². The number of pyridine rings is 1. The maximum atomic E-state index is 12.5. The van der Waals surface area contributed by atoms with Gasteiger partial charge in [0, 0.05) is 45.0 Å². The summed E-state index contributed by atoms with van der Waals surface area (Å²) in [6.07, 6.45) is 1.56. The van der Waals surface area contributed by atoms with E-state index in [1.54, 1.807) is 45.1 Å². The first-order valence-corrected chi connectivity index (χ1v) is 6.49. The summed E-state index contributed by atoms with van der Waals surface area (Å²) in [6.45, 7) is 4.41. The minimum absolute atomic E-state index is 0.0964. The second-order valence-corrected chi connectivity index (χ2v) is 5.61. The van der Waals surface area contributed by atoms with Crippen molar-refractivity contribution in [1.29, 1.82) is 0 Å². The Morgan fingerprint density at radius 2 is 1.85 bits per heavy atom. The summed E-state index contributed by atoms with van der Waals surface area (Å²) in [5.41, 5.74) is -0.821. The highest BCUT2D eigenvalue weighted by Gasteiger charge is 2.43. The van der Waals surface area contributed by atoms with Gasteiger partial charge in [-0.1, -0.05) is 0 Å². The van der Waals surface area contributed by atoms with Gasteiger partial charge in [0.1, 0.15) is 5.54 Å². The fourth-order valence-corrected chi connectivity index (χ4v) is 2.41. The molecule has 20 heavy (non-hydrogen) atoms. The van der Waals surface area contributed by atoms with E-state index in [4.69, 9.17) is 0 Å². The monoisotopic (exact) mass is 277 g/mol. The average molecular weight is 277 g/mol. The molecule has 0 aromatic carbocycles. The Balaban J connectivity index is 2.35. The molecule has 2 rings (SSSR count). The molecule has 1 aromatic heterocycles. The first-order valence-electron chi connectivity index (χ1n) is 6.49. The standard InChI is InChI=1S/C14H19N3O3/c1-14(2)13(20)16(4)7-8-17(14)12(19)10-5-6-15(3)11(18)9-10/h5-6,9H,7-8H2,1-4H3. The van der Waals surface area contributed by atoms with Gasteiger partial charge in [0.2, 0.25) is 5.91 Å². The molecule has 1 aliphatic heterocycles.